The number of nitrogens with one attached hydrogen (secondary N) is 2. The number of methoxy groups -OCH3 is 1. The number of rotatable bonds is 7. The molecule has 1 aromatic carbocycles. The zero-order valence-corrected chi connectivity index (χ0v) is 15.2. The molecule has 2 atom stereocenters. The summed E-state index contributed by atoms with van der Waals surface area (Å²) in [6, 6.07) is 4.28. The smallest absolute Gasteiger partial charge is 0.244 e. The molecule has 0 aromatic heterocycles. The van der Waals surface area contributed by atoms with Gasteiger partial charge < -0.3 is 15.2 Å². The van der Waals surface area contributed by atoms with Crippen molar-refractivity contribution in [3.8, 4) is 5.75 Å². The molecule has 2 rings (SSSR count). The van der Waals surface area contributed by atoms with Gasteiger partial charge in [-0.05, 0) is 24.6 Å². The summed E-state index contributed by atoms with van der Waals surface area (Å²) >= 11 is 0. The number of aliphatic hydroxyl groups excluding tert-OH is 1. The quantitative estimate of drug-likeness (QED) is 0.522. The van der Waals surface area contributed by atoms with E-state index in [1.807, 2.05) is 0 Å². The number of hydrogen-bond donors (Lipinski definition) is 3. The molecule has 136 valence electrons. The molecule has 0 aliphatic carbocycles. The Labute approximate surface area is 142 Å². The Morgan fingerprint density at radius 3 is 2.58 bits per heavy atom. The highest BCUT2D eigenvalue weighted by Gasteiger charge is 2.35. The fraction of sp³-hybridized carbons (Fsp3) is 0.571. The Balaban J connectivity index is 1.93. The SMILES string of the molecule is COc1ccc(C)cc1S(=O)(=O)NCCN[C@@H]1CS(=O)(=O)C[C@@H]1O. The number of ether oxygens (including phenoxy) is 1. The van der Waals surface area contributed by atoms with Crippen molar-refractivity contribution in [3.05, 3.63) is 23.8 Å². The summed E-state index contributed by atoms with van der Waals surface area (Å²) in [5, 5.41) is 12.5. The van der Waals surface area contributed by atoms with Crippen molar-refractivity contribution in [2.75, 3.05) is 31.7 Å². The first-order valence-electron chi connectivity index (χ1n) is 7.41. The van der Waals surface area contributed by atoms with E-state index in [1.54, 1.807) is 19.1 Å². The van der Waals surface area contributed by atoms with Crippen molar-refractivity contribution in [2.45, 2.75) is 24.0 Å². The molecule has 0 spiro atoms. The van der Waals surface area contributed by atoms with Crippen molar-refractivity contribution in [2.24, 2.45) is 0 Å². The van der Waals surface area contributed by atoms with Crippen molar-refractivity contribution < 1.29 is 26.7 Å². The van der Waals surface area contributed by atoms with Gasteiger partial charge in [0.1, 0.15) is 10.6 Å². The Morgan fingerprint density at radius 2 is 2.00 bits per heavy atom. The van der Waals surface area contributed by atoms with Crippen LogP contribution in [-0.2, 0) is 19.9 Å². The van der Waals surface area contributed by atoms with Crippen molar-refractivity contribution in [1.82, 2.24) is 10.0 Å². The summed E-state index contributed by atoms with van der Waals surface area (Å²) < 4.78 is 55.0. The van der Waals surface area contributed by atoms with Gasteiger partial charge in [-0.2, -0.15) is 0 Å². The number of sulfonamides is 1. The van der Waals surface area contributed by atoms with E-state index < -0.39 is 32.0 Å². The fourth-order valence-corrected chi connectivity index (χ4v) is 5.60. The van der Waals surface area contributed by atoms with E-state index in [0.717, 1.165) is 5.56 Å². The Morgan fingerprint density at radius 1 is 1.29 bits per heavy atom. The number of sulfone groups is 1. The van der Waals surface area contributed by atoms with Crippen LogP contribution in [0.5, 0.6) is 5.75 Å². The van der Waals surface area contributed by atoms with Gasteiger partial charge in [0.25, 0.3) is 0 Å². The van der Waals surface area contributed by atoms with Crippen LogP contribution in [0.25, 0.3) is 0 Å². The van der Waals surface area contributed by atoms with Gasteiger partial charge in [-0.25, -0.2) is 21.6 Å². The van der Waals surface area contributed by atoms with Gasteiger partial charge >= 0.3 is 0 Å². The molecular weight excluding hydrogens is 356 g/mol. The van der Waals surface area contributed by atoms with Crippen LogP contribution >= 0.6 is 0 Å². The topological polar surface area (TPSA) is 122 Å². The summed E-state index contributed by atoms with van der Waals surface area (Å²) in [5.74, 6) is -0.165. The molecule has 1 aliphatic rings. The molecular formula is C14H22N2O6S2. The van der Waals surface area contributed by atoms with Gasteiger partial charge in [-0.3, -0.25) is 0 Å². The Hall–Kier alpha value is -1.20. The summed E-state index contributed by atoms with van der Waals surface area (Å²) in [4.78, 5) is 0.0495. The third kappa shape index (κ3) is 4.67. The molecule has 0 saturated carbocycles. The lowest BCUT2D eigenvalue weighted by Gasteiger charge is -2.15. The summed E-state index contributed by atoms with van der Waals surface area (Å²) in [6.45, 7) is 2.04. The molecule has 0 unspecified atom stereocenters. The molecule has 0 amide bonds. The highest BCUT2D eigenvalue weighted by Crippen LogP contribution is 2.24. The largest absolute Gasteiger partial charge is 0.495 e. The van der Waals surface area contributed by atoms with Crippen LogP contribution in [0.3, 0.4) is 0 Å². The molecule has 1 saturated heterocycles. The summed E-state index contributed by atoms with van der Waals surface area (Å²) in [6.07, 6.45) is -0.969. The Bertz CT molecular complexity index is 791. The molecule has 24 heavy (non-hydrogen) atoms. The number of benzene rings is 1. The van der Waals surface area contributed by atoms with E-state index in [4.69, 9.17) is 4.74 Å². The summed E-state index contributed by atoms with van der Waals surface area (Å²) in [7, 11) is -5.59. The van der Waals surface area contributed by atoms with E-state index in [-0.39, 0.29) is 35.2 Å². The Kier molecular flexibility index (Phi) is 5.87. The number of aryl methyl sites for hydroxylation is 1. The van der Waals surface area contributed by atoms with E-state index in [2.05, 4.69) is 10.0 Å². The second-order valence-electron chi connectivity index (χ2n) is 5.76. The lowest BCUT2D eigenvalue weighted by atomic mass is 10.2. The second kappa shape index (κ2) is 7.36. The average Bonchev–Trinajstić information content (AvgIpc) is 2.76. The van der Waals surface area contributed by atoms with E-state index >= 15 is 0 Å². The third-order valence-corrected chi connectivity index (χ3v) is 6.95. The molecule has 1 aromatic rings. The molecule has 0 bridgehead atoms. The van der Waals surface area contributed by atoms with Crippen LogP contribution in [0.4, 0.5) is 0 Å². The van der Waals surface area contributed by atoms with Gasteiger partial charge in [0.2, 0.25) is 10.0 Å². The number of hydrogen-bond acceptors (Lipinski definition) is 7. The molecule has 1 aliphatic heterocycles. The second-order valence-corrected chi connectivity index (χ2v) is 9.65. The predicted molar refractivity (Wildman–Crippen MR) is 89.4 cm³/mol. The molecule has 3 N–H and O–H groups in total. The monoisotopic (exact) mass is 378 g/mol. The average molecular weight is 378 g/mol. The van der Waals surface area contributed by atoms with Crippen LogP contribution in [-0.4, -0.2) is 65.8 Å². The molecule has 1 heterocycles. The minimum absolute atomic E-state index is 0.0495. The minimum Gasteiger partial charge on any atom is -0.495 e. The zero-order chi connectivity index (χ0) is 18.0. The van der Waals surface area contributed by atoms with Crippen LogP contribution in [0, 0.1) is 6.92 Å². The predicted octanol–water partition coefficient (Wildman–Crippen LogP) is -0.971. The minimum atomic E-state index is -3.75. The van der Waals surface area contributed by atoms with Gasteiger partial charge in [0.05, 0.1) is 24.7 Å². The first-order chi connectivity index (χ1) is 11.1. The molecule has 0 radical (unpaired) electrons. The molecule has 8 nitrogen and oxygen atoms in total. The van der Waals surface area contributed by atoms with Crippen LogP contribution < -0.4 is 14.8 Å². The lowest BCUT2D eigenvalue weighted by Crippen LogP contribution is -2.42. The standard InChI is InChI=1S/C14H22N2O6S2/c1-10-3-4-13(22-2)14(7-10)24(20,21)16-6-5-15-11-8-23(18,19)9-12(11)17/h3-4,7,11-12,15-17H,5-6,8-9H2,1-2H3/t11-,12+/m1/s1. The number of aliphatic hydroxyl groups is 1. The highest BCUT2D eigenvalue weighted by atomic mass is 32.2. The van der Waals surface area contributed by atoms with Gasteiger partial charge in [0, 0.05) is 19.1 Å². The van der Waals surface area contributed by atoms with Crippen LogP contribution in [0.1, 0.15) is 5.56 Å². The van der Waals surface area contributed by atoms with Gasteiger partial charge in [0.15, 0.2) is 9.84 Å². The zero-order valence-electron chi connectivity index (χ0n) is 13.5. The molecule has 1 fully saturated rings. The third-order valence-electron chi connectivity index (χ3n) is 3.75. The van der Waals surface area contributed by atoms with E-state index in [9.17, 15) is 21.9 Å². The normalized spacial score (nSPS) is 23.3. The summed E-state index contributed by atoms with van der Waals surface area (Å²) in [5.41, 5.74) is 0.786. The van der Waals surface area contributed by atoms with Crippen LogP contribution in [0.2, 0.25) is 0 Å². The first kappa shape index (κ1) is 19.1. The van der Waals surface area contributed by atoms with Crippen molar-refractivity contribution in [1.29, 1.82) is 0 Å². The maximum atomic E-state index is 12.4. The van der Waals surface area contributed by atoms with Crippen LogP contribution in [0.15, 0.2) is 23.1 Å². The lowest BCUT2D eigenvalue weighted by molar-refractivity contribution is 0.166. The highest BCUT2D eigenvalue weighted by molar-refractivity contribution is 7.91. The van der Waals surface area contributed by atoms with E-state index in [1.165, 1.54) is 13.2 Å². The molecule has 10 heteroatoms. The van der Waals surface area contributed by atoms with Gasteiger partial charge in [-0.15, -0.1) is 0 Å². The van der Waals surface area contributed by atoms with Crippen molar-refractivity contribution >= 4 is 19.9 Å². The van der Waals surface area contributed by atoms with E-state index in [0.29, 0.717) is 0 Å². The first-order valence-corrected chi connectivity index (χ1v) is 10.7. The van der Waals surface area contributed by atoms with Gasteiger partial charge in [-0.1, -0.05) is 6.07 Å². The maximum Gasteiger partial charge on any atom is 0.244 e. The maximum absolute atomic E-state index is 12.4. The fourth-order valence-electron chi connectivity index (χ4n) is 2.54. The van der Waals surface area contributed by atoms with Crippen molar-refractivity contribution in [3.63, 3.8) is 0 Å².